The molecular formula is C17H17ClFN3O4. The number of ether oxygens (including phenoxy) is 1. The van der Waals surface area contributed by atoms with Crippen LogP contribution in [-0.2, 0) is 22.9 Å². The van der Waals surface area contributed by atoms with Crippen LogP contribution in [0.3, 0.4) is 0 Å². The van der Waals surface area contributed by atoms with Crippen molar-refractivity contribution in [2.75, 3.05) is 7.11 Å². The molecule has 7 nitrogen and oxygen atoms in total. The zero-order valence-electron chi connectivity index (χ0n) is 14.2. The Morgan fingerprint density at radius 1 is 1.31 bits per heavy atom. The van der Waals surface area contributed by atoms with E-state index in [-0.39, 0.29) is 12.4 Å². The van der Waals surface area contributed by atoms with E-state index in [2.05, 4.69) is 20.4 Å². The van der Waals surface area contributed by atoms with E-state index in [0.717, 1.165) is 0 Å². The number of pyridine rings is 1. The van der Waals surface area contributed by atoms with Crippen LogP contribution in [0.4, 0.5) is 9.18 Å². The second kappa shape index (κ2) is 9.57. The molecule has 138 valence electrons. The maximum atomic E-state index is 12.6. The van der Waals surface area contributed by atoms with Crippen molar-refractivity contribution in [2.45, 2.75) is 20.2 Å². The van der Waals surface area contributed by atoms with E-state index in [1.165, 1.54) is 7.11 Å². The molecule has 1 aromatic heterocycles. The van der Waals surface area contributed by atoms with Crippen molar-refractivity contribution < 1.29 is 23.6 Å². The van der Waals surface area contributed by atoms with Gasteiger partial charge in [0.05, 0.1) is 29.2 Å². The minimum absolute atomic E-state index is 0.103. The van der Waals surface area contributed by atoms with Crippen LogP contribution in [-0.4, -0.2) is 23.9 Å². The standard InChI is InChI=1S/C17H17ClFN3O4/c1-11(21-25-10-14-5-3-4-13(9-19)20-14)12-6-7-15(18)16(8-12)26-22-17(23)24-2/h3-8H,9-10H2,1-2H3,(H,22,23). The predicted molar refractivity (Wildman–Crippen MR) is 93.7 cm³/mol. The molecule has 9 heteroatoms. The first-order valence-electron chi connectivity index (χ1n) is 7.51. The van der Waals surface area contributed by atoms with Crippen molar-refractivity contribution in [1.29, 1.82) is 0 Å². The lowest BCUT2D eigenvalue weighted by atomic mass is 10.1. The molecule has 0 spiro atoms. The largest absolute Gasteiger partial charge is 0.451 e. The molecule has 0 aliphatic heterocycles. The zero-order valence-corrected chi connectivity index (χ0v) is 14.9. The summed E-state index contributed by atoms with van der Waals surface area (Å²) in [5.41, 5.74) is 4.20. The van der Waals surface area contributed by atoms with Crippen LogP contribution in [0.2, 0.25) is 5.02 Å². The van der Waals surface area contributed by atoms with E-state index in [9.17, 15) is 9.18 Å². The molecule has 0 unspecified atom stereocenters. The number of carbonyl (C=O) groups excluding carboxylic acids is 1. The maximum Gasteiger partial charge on any atom is 0.440 e. The highest BCUT2D eigenvalue weighted by molar-refractivity contribution is 6.32. The number of alkyl halides is 1. The van der Waals surface area contributed by atoms with E-state index >= 15 is 0 Å². The Morgan fingerprint density at radius 3 is 2.81 bits per heavy atom. The van der Waals surface area contributed by atoms with Gasteiger partial charge in [0.1, 0.15) is 6.67 Å². The summed E-state index contributed by atoms with van der Waals surface area (Å²) in [5.74, 6) is 0.224. The number of halogens is 2. The first kappa shape index (κ1) is 19.5. The summed E-state index contributed by atoms with van der Waals surface area (Å²) in [6.07, 6.45) is -0.761. The lowest BCUT2D eigenvalue weighted by Gasteiger charge is -2.09. The fourth-order valence-electron chi connectivity index (χ4n) is 1.88. The van der Waals surface area contributed by atoms with Crippen molar-refractivity contribution in [2.24, 2.45) is 5.16 Å². The number of hydroxylamine groups is 1. The minimum atomic E-state index is -0.761. The minimum Gasteiger partial charge on any atom is -0.451 e. The quantitative estimate of drug-likeness (QED) is 0.582. The Morgan fingerprint density at radius 2 is 2.08 bits per heavy atom. The van der Waals surface area contributed by atoms with Gasteiger partial charge < -0.3 is 14.4 Å². The molecule has 0 aliphatic rings. The number of hydrogen-bond acceptors (Lipinski definition) is 6. The number of nitrogens with zero attached hydrogens (tertiary/aromatic N) is 2. The van der Waals surface area contributed by atoms with Gasteiger partial charge in [-0.1, -0.05) is 28.9 Å². The van der Waals surface area contributed by atoms with Crippen molar-refractivity contribution >= 4 is 23.4 Å². The number of nitrogens with one attached hydrogen (secondary N) is 1. The fourth-order valence-corrected chi connectivity index (χ4v) is 2.03. The summed E-state index contributed by atoms with van der Waals surface area (Å²) in [4.78, 5) is 25.5. The third-order valence-electron chi connectivity index (χ3n) is 3.19. The third-order valence-corrected chi connectivity index (χ3v) is 3.51. The zero-order chi connectivity index (χ0) is 18.9. The SMILES string of the molecule is COC(=O)NOc1cc(C(C)=NOCc2cccc(CF)n2)ccc1Cl. The van der Waals surface area contributed by atoms with E-state index in [1.54, 1.807) is 43.3 Å². The van der Waals surface area contributed by atoms with Crippen LogP contribution in [0.1, 0.15) is 23.9 Å². The van der Waals surface area contributed by atoms with E-state index in [0.29, 0.717) is 27.7 Å². The molecule has 0 radical (unpaired) electrons. The van der Waals surface area contributed by atoms with Crippen molar-refractivity contribution in [3.63, 3.8) is 0 Å². The molecule has 0 saturated heterocycles. The summed E-state index contributed by atoms with van der Waals surface area (Å²) in [6.45, 7) is 1.20. The topological polar surface area (TPSA) is 82.0 Å². The van der Waals surface area contributed by atoms with Crippen LogP contribution in [0, 0.1) is 0 Å². The number of aromatic nitrogens is 1. The fraction of sp³-hybridized carbons (Fsp3) is 0.235. The van der Waals surface area contributed by atoms with Gasteiger partial charge in [-0.05, 0) is 31.2 Å². The lowest BCUT2D eigenvalue weighted by Crippen LogP contribution is -2.26. The molecule has 1 heterocycles. The van der Waals surface area contributed by atoms with Crippen molar-refractivity contribution in [1.82, 2.24) is 10.5 Å². The van der Waals surface area contributed by atoms with Gasteiger partial charge in [0.25, 0.3) is 0 Å². The van der Waals surface area contributed by atoms with Crippen molar-refractivity contribution in [3.8, 4) is 5.75 Å². The Kier molecular flexibility index (Phi) is 7.16. The molecule has 0 aliphatic carbocycles. The molecular weight excluding hydrogens is 365 g/mol. The van der Waals surface area contributed by atoms with Gasteiger partial charge in [-0.25, -0.2) is 9.18 Å². The smallest absolute Gasteiger partial charge is 0.440 e. The van der Waals surface area contributed by atoms with Gasteiger partial charge in [-0.15, -0.1) is 0 Å². The first-order valence-corrected chi connectivity index (χ1v) is 7.89. The van der Waals surface area contributed by atoms with Gasteiger partial charge in [0.15, 0.2) is 12.4 Å². The predicted octanol–water partition coefficient (Wildman–Crippen LogP) is 3.80. The van der Waals surface area contributed by atoms with Crippen LogP contribution in [0.15, 0.2) is 41.6 Å². The van der Waals surface area contributed by atoms with Crippen molar-refractivity contribution in [3.05, 3.63) is 58.4 Å². The lowest BCUT2D eigenvalue weighted by molar-refractivity contribution is 0.118. The maximum absolute atomic E-state index is 12.6. The molecule has 1 aromatic carbocycles. The molecule has 1 N–H and O–H groups in total. The number of hydrogen-bond donors (Lipinski definition) is 1. The Labute approximate surface area is 154 Å². The molecule has 26 heavy (non-hydrogen) atoms. The molecule has 0 atom stereocenters. The summed E-state index contributed by atoms with van der Waals surface area (Å²) < 4.78 is 17.0. The Hall–Kier alpha value is -2.87. The molecule has 0 bridgehead atoms. The van der Waals surface area contributed by atoms with Crippen LogP contribution >= 0.6 is 11.6 Å². The van der Waals surface area contributed by atoms with Crippen LogP contribution in [0.5, 0.6) is 5.75 Å². The monoisotopic (exact) mass is 381 g/mol. The number of amides is 1. The molecule has 2 rings (SSSR count). The Balaban J connectivity index is 2.02. The second-order valence-corrected chi connectivity index (χ2v) is 5.45. The number of oxime groups is 1. The van der Waals surface area contributed by atoms with Gasteiger partial charge >= 0.3 is 6.09 Å². The van der Waals surface area contributed by atoms with Crippen LogP contribution < -0.4 is 10.3 Å². The van der Waals surface area contributed by atoms with Crippen LogP contribution in [0.25, 0.3) is 0 Å². The first-order chi connectivity index (χ1) is 12.5. The molecule has 0 saturated carbocycles. The van der Waals surface area contributed by atoms with E-state index < -0.39 is 12.8 Å². The van der Waals surface area contributed by atoms with Gasteiger partial charge in [-0.2, -0.15) is 5.48 Å². The van der Waals surface area contributed by atoms with Gasteiger partial charge in [0.2, 0.25) is 0 Å². The van der Waals surface area contributed by atoms with E-state index in [1.807, 2.05) is 0 Å². The normalized spacial score (nSPS) is 11.0. The molecule has 0 fully saturated rings. The number of rotatable bonds is 7. The summed E-state index contributed by atoms with van der Waals surface area (Å²) in [6, 6.07) is 9.91. The average molecular weight is 382 g/mol. The number of benzene rings is 1. The molecule has 2 aromatic rings. The second-order valence-electron chi connectivity index (χ2n) is 5.04. The van der Waals surface area contributed by atoms with Gasteiger partial charge in [0, 0.05) is 5.56 Å². The molecule has 1 amide bonds. The summed E-state index contributed by atoms with van der Waals surface area (Å²) in [5, 5.41) is 4.30. The highest BCUT2D eigenvalue weighted by Gasteiger charge is 2.08. The number of methoxy groups -OCH3 is 1. The third kappa shape index (κ3) is 5.59. The van der Waals surface area contributed by atoms with E-state index in [4.69, 9.17) is 21.3 Å². The van der Waals surface area contributed by atoms with Gasteiger partial charge in [-0.3, -0.25) is 4.98 Å². The highest BCUT2D eigenvalue weighted by Crippen LogP contribution is 2.25. The summed E-state index contributed by atoms with van der Waals surface area (Å²) in [7, 11) is 1.21. The summed E-state index contributed by atoms with van der Waals surface area (Å²) >= 11 is 6.01. The highest BCUT2D eigenvalue weighted by atomic mass is 35.5. The average Bonchev–Trinajstić information content (AvgIpc) is 2.67. The Bertz CT molecular complexity index is 801. The number of carbonyl (C=O) groups is 1.